The minimum Gasteiger partial charge on any atom is -0.398 e. The molecule has 2 nitrogen and oxygen atoms in total. The van der Waals surface area contributed by atoms with Gasteiger partial charge in [0, 0.05) is 23.5 Å². The molecular formula is C15H18F2N2. The van der Waals surface area contributed by atoms with Gasteiger partial charge in [-0.1, -0.05) is 26.0 Å². The Morgan fingerprint density at radius 1 is 1.42 bits per heavy atom. The lowest BCUT2D eigenvalue weighted by atomic mass is 10.1. The maximum atomic E-state index is 13.3. The molecule has 0 saturated heterocycles. The normalized spacial score (nSPS) is 12.1. The Kier molecular flexibility index (Phi) is 5.93. The van der Waals surface area contributed by atoms with E-state index < -0.39 is 11.6 Å². The van der Waals surface area contributed by atoms with E-state index >= 15 is 0 Å². The highest BCUT2D eigenvalue weighted by atomic mass is 19.1. The third-order valence-electron chi connectivity index (χ3n) is 2.60. The van der Waals surface area contributed by atoms with E-state index in [1.54, 1.807) is 6.08 Å². The Morgan fingerprint density at radius 3 is 2.79 bits per heavy atom. The summed E-state index contributed by atoms with van der Waals surface area (Å²) >= 11 is 0. The average Bonchev–Trinajstić information content (AvgIpc) is 2.36. The third-order valence-corrected chi connectivity index (χ3v) is 2.60. The minimum absolute atomic E-state index is 0.149. The summed E-state index contributed by atoms with van der Waals surface area (Å²) in [6, 6.07) is 3.43. The van der Waals surface area contributed by atoms with Crippen LogP contribution in [-0.4, -0.2) is 6.21 Å². The molecule has 0 amide bonds. The first-order chi connectivity index (χ1) is 9.04. The summed E-state index contributed by atoms with van der Waals surface area (Å²) in [4.78, 5) is 4.03. The molecule has 0 saturated carbocycles. The number of aliphatic imine (C=N–C) groups is 1. The molecular weight excluding hydrogens is 246 g/mol. The van der Waals surface area contributed by atoms with E-state index in [4.69, 9.17) is 5.73 Å². The molecule has 0 atom stereocenters. The van der Waals surface area contributed by atoms with Crippen LogP contribution in [0.15, 0.2) is 47.1 Å². The second-order valence-corrected chi connectivity index (χ2v) is 4.20. The summed E-state index contributed by atoms with van der Waals surface area (Å²) in [7, 11) is 0. The van der Waals surface area contributed by atoms with Gasteiger partial charge >= 0.3 is 0 Å². The van der Waals surface area contributed by atoms with E-state index in [1.165, 1.54) is 18.3 Å². The van der Waals surface area contributed by atoms with Crippen LogP contribution in [0.25, 0.3) is 0 Å². The van der Waals surface area contributed by atoms with E-state index in [1.807, 2.05) is 6.92 Å². The molecule has 1 aromatic rings. The Balaban J connectivity index is 2.59. The first kappa shape index (κ1) is 15.1. The molecule has 102 valence electrons. The fourth-order valence-electron chi connectivity index (χ4n) is 1.50. The van der Waals surface area contributed by atoms with E-state index in [9.17, 15) is 8.78 Å². The van der Waals surface area contributed by atoms with Gasteiger partial charge in [0.05, 0.1) is 6.54 Å². The molecule has 1 aromatic carbocycles. The highest BCUT2D eigenvalue weighted by Gasteiger charge is 2.01. The lowest BCUT2D eigenvalue weighted by molar-refractivity contribution is 0.573. The topological polar surface area (TPSA) is 38.4 Å². The Hall–Kier alpha value is -1.97. The predicted molar refractivity (Wildman–Crippen MR) is 74.9 cm³/mol. The quantitative estimate of drug-likeness (QED) is 0.617. The number of allylic oxidation sites excluding steroid dienone is 2. The van der Waals surface area contributed by atoms with Crippen molar-refractivity contribution >= 4 is 6.21 Å². The number of hydrogen-bond donors (Lipinski definition) is 1. The van der Waals surface area contributed by atoms with Crippen molar-refractivity contribution in [1.82, 2.24) is 0 Å². The highest BCUT2D eigenvalue weighted by Crippen LogP contribution is 2.11. The van der Waals surface area contributed by atoms with Crippen LogP contribution in [0.4, 0.5) is 8.78 Å². The van der Waals surface area contributed by atoms with Crippen LogP contribution in [0.3, 0.4) is 0 Å². The number of nitrogens with zero attached hydrogens (tertiary/aromatic N) is 1. The van der Waals surface area contributed by atoms with Gasteiger partial charge in [-0.3, -0.25) is 4.99 Å². The van der Waals surface area contributed by atoms with Gasteiger partial charge in [0.15, 0.2) is 0 Å². The zero-order valence-corrected chi connectivity index (χ0v) is 11.0. The monoisotopic (exact) mass is 264 g/mol. The van der Waals surface area contributed by atoms with E-state index in [2.05, 4.69) is 11.6 Å². The van der Waals surface area contributed by atoms with Crippen molar-refractivity contribution < 1.29 is 8.78 Å². The summed E-state index contributed by atoms with van der Waals surface area (Å²) in [6.07, 6.45) is 4.96. The Morgan fingerprint density at radius 2 is 2.16 bits per heavy atom. The van der Waals surface area contributed by atoms with Gasteiger partial charge < -0.3 is 5.73 Å². The molecule has 0 aliphatic rings. The molecule has 1 rings (SSSR count). The molecule has 0 bridgehead atoms. The predicted octanol–water partition coefficient (Wildman–Crippen LogP) is 3.73. The van der Waals surface area contributed by atoms with Crippen LogP contribution in [0, 0.1) is 11.6 Å². The molecule has 0 heterocycles. The van der Waals surface area contributed by atoms with Crippen LogP contribution >= 0.6 is 0 Å². The summed E-state index contributed by atoms with van der Waals surface area (Å²) in [5.74, 6) is -1.19. The van der Waals surface area contributed by atoms with Crippen molar-refractivity contribution in [1.29, 1.82) is 0 Å². The standard InChI is InChI=1S/C15H18F2N2/c1-3-4-11(2)15(18)7-8-19-10-12-5-6-13(16)9-14(12)17/h5-9H,2-4,10,18H2,1H3. The van der Waals surface area contributed by atoms with Gasteiger partial charge in [0.1, 0.15) is 11.6 Å². The van der Waals surface area contributed by atoms with Crippen molar-refractivity contribution in [2.24, 2.45) is 10.7 Å². The Bertz CT molecular complexity index is 505. The fraction of sp³-hybridized carbons (Fsp3) is 0.267. The number of nitrogens with two attached hydrogens (primary N) is 1. The highest BCUT2D eigenvalue weighted by molar-refractivity contribution is 5.73. The smallest absolute Gasteiger partial charge is 0.131 e. The van der Waals surface area contributed by atoms with Gasteiger partial charge in [-0.05, 0) is 24.1 Å². The largest absolute Gasteiger partial charge is 0.398 e. The number of benzene rings is 1. The lowest BCUT2D eigenvalue weighted by Gasteiger charge is -2.02. The van der Waals surface area contributed by atoms with E-state index in [0.29, 0.717) is 11.3 Å². The molecule has 0 unspecified atom stereocenters. The molecule has 0 aliphatic heterocycles. The second-order valence-electron chi connectivity index (χ2n) is 4.20. The maximum absolute atomic E-state index is 13.3. The lowest BCUT2D eigenvalue weighted by Crippen LogP contribution is -2.00. The van der Waals surface area contributed by atoms with Crippen LogP contribution in [0.1, 0.15) is 25.3 Å². The second kappa shape index (κ2) is 7.46. The zero-order chi connectivity index (χ0) is 14.3. The SMILES string of the molecule is C=C(CCC)C(N)=CC=NCc1ccc(F)cc1F. The molecule has 0 fully saturated rings. The average molecular weight is 264 g/mol. The van der Waals surface area contributed by atoms with Crippen molar-refractivity contribution in [3.05, 3.63) is 59.3 Å². The van der Waals surface area contributed by atoms with Crippen LogP contribution in [0.5, 0.6) is 0 Å². The van der Waals surface area contributed by atoms with Crippen molar-refractivity contribution in [2.75, 3.05) is 0 Å². The van der Waals surface area contributed by atoms with Crippen LogP contribution < -0.4 is 5.73 Å². The molecule has 0 aromatic heterocycles. The van der Waals surface area contributed by atoms with E-state index in [-0.39, 0.29) is 6.54 Å². The number of rotatable bonds is 6. The van der Waals surface area contributed by atoms with Crippen molar-refractivity contribution in [3.8, 4) is 0 Å². The number of halogens is 2. The first-order valence-electron chi connectivity index (χ1n) is 6.12. The summed E-state index contributed by atoms with van der Waals surface area (Å²) < 4.78 is 26.0. The maximum Gasteiger partial charge on any atom is 0.131 e. The van der Waals surface area contributed by atoms with Gasteiger partial charge in [-0.15, -0.1) is 0 Å². The third kappa shape index (κ3) is 5.04. The summed E-state index contributed by atoms with van der Waals surface area (Å²) in [5, 5.41) is 0. The summed E-state index contributed by atoms with van der Waals surface area (Å²) in [6.45, 7) is 6.04. The molecule has 2 N–H and O–H groups in total. The van der Waals surface area contributed by atoms with Gasteiger partial charge in [0.25, 0.3) is 0 Å². The summed E-state index contributed by atoms with van der Waals surface area (Å²) in [5.41, 5.74) is 7.56. The van der Waals surface area contributed by atoms with Gasteiger partial charge in [-0.25, -0.2) is 8.78 Å². The van der Waals surface area contributed by atoms with Crippen LogP contribution in [-0.2, 0) is 6.54 Å². The number of hydrogen-bond acceptors (Lipinski definition) is 2. The molecule has 0 spiro atoms. The van der Waals surface area contributed by atoms with Crippen LogP contribution in [0.2, 0.25) is 0 Å². The van der Waals surface area contributed by atoms with E-state index in [0.717, 1.165) is 24.5 Å². The molecule has 0 aliphatic carbocycles. The first-order valence-corrected chi connectivity index (χ1v) is 6.12. The van der Waals surface area contributed by atoms with Gasteiger partial charge in [-0.2, -0.15) is 0 Å². The van der Waals surface area contributed by atoms with Gasteiger partial charge in [0.2, 0.25) is 0 Å². The molecule has 0 radical (unpaired) electrons. The molecule has 19 heavy (non-hydrogen) atoms. The van der Waals surface area contributed by atoms with Crippen molar-refractivity contribution in [2.45, 2.75) is 26.3 Å². The zero-order valence-electron chi connectivity index (χ0n) is 11.0. The minimum atomic E-state index is -0.593. The Labute approximate surface area is 112 Å². The fourth-order valence-corrected chi connectivity index (χ4v) is 1.50. The van der Waals surface area contributed by atoms with Crippen molar-refractivity contribution in [3.63, 3.8) is 0 Å². The molecule has 4 heteroatoms.